The molecule has 2 rings (SSSR count). The number of carboxylic acid groups (broad SMARTS) is 1. The molecule has 2 N–H and O–H groups in total. The summed E-state index contributed by atoms with van der Waals surface area (Å²) in [6.45, 7) is 5.57. The van der Waals surface area contributed by atoms with Gasteiger partial charge in [0.1, 0.15) is 5.69 Å². The number of rotatable bonds is 6. The highest BCUT2D eigenvalue weighted by Crippen LogP contribution is 2.28. The maximum absolute atomic E-state index is 12.4. The first kappa shape index (κ1) is 16.5. The van der Waals surface area contributed by atoms with Crippen LogP contribution in [-0.2, 0) is 4.79 Å². The van der Waals surface area contributed by atoms with Crippen LogP contribution in [0.25, 0.3) is 0 Å². The van der Waals surface area contributed by atoms with Crippen LogP contribution in [-0.4, -0.2) is 32.3 Å². The zero-order valence-electron chi connectivity index (χ0n) is 13.5. The van der Waals surface area contributed by atoms with Gasteiger partial charge in [-0.05, 0) is 31.7 Å². The largest absolute Gasteiger partial charge is 0.481 e. The van der Waals surface area contributed by atoms with Gasteiger partial charge in [-0.15, -0.1) is 0 Å². The molecule has 0 spiro atoms. The van der Waals surface area contributed by atoms with Crippen molar-refractivity contribution in [2.45, 2.75) is 64.5 Å². The van der Waals surface area contributed by atoms with Gasteiger partial charge in [0.05, 0.1) is 18.0 Å². The van der Waals surface area contributed by atoms with Crippen LogP contribution < -0.4 is 5.32 Å². The van der Waals surface area contributed by atoms with Gasteiger partial charge in [0.15, 0.2) is 0 Å². The van der Waals surface area contributed by atoms with E-state index < -0.39 is 11.5 Å². The first-order valence-electron chi connectivity index (χ1n) is 7.91. The molecule has 1 aromatic rings. The predicted octanol–water partition coefficient (Wildman–Crippen LogP) is 2.62. The van der Waals surface area contributed by atoms with Gasteiger partial charge in [-0.1, -0.05) is 26.7 Å². The second-order valence-electron chi connectivity index (χ2n) is 6.72. The lowest BCUT2D eigenvalue weighted by atomic mass is 9.85. The molecule has 1 heterocycles. The maximum atomic E-state index is 12.4. The summed E-state index contributed by atoms with van der Waals surface area (Å²) in [5, 5.41) is 16.3. The Bertz CT molecular complexity index is 547. The van der Waals surface area contributed by atoms with Crippen LogP contribution in [0.3, 0.4) is 0 Å². The van der Waals surface area contributed by atoms with E-state index in [4.69, 9.17) is 5.11 Å². The third-order valence-electron chi connectivity index (χ3n) is 4.73. The van der Waals surface area contributed by atoms with E-state index in [2.05, 4.69) is 10.4 Å². The van der Waals surface area contributed by atoms with E-state index in [9.17, 15) is 9.59 Å². The van der Waals surface area contributed by atoms with Crippen molar-refractivity contribution in [1.82, 2.24) is 15.1 Å². The third-order valence-corrected chi connectivity index (χ3v) is 4.73. The lowest BCUT2D eigenvalue weighted by Gasteiger charge is -2.33. The Labute approximate surface area is 130 Å². The van der Waals surface area contributed by atoms with Gasteiger partial charge in [0.25, 0.3) is 5.91 Å². The van der Waals surface area contributed by atoms with Gasteiger partial charge >= 0.3 is 5.97 Å². The number of amides is 1. The SMILES string of the molecule is CC(C)C(C)(CC(=O)O)NC(=O)c1ccn(C2CCCC2)n1. The van der Waals surface area contributed by atoms with E-state index in [0.29, 0.717) is 11.7 Å². The minimum absolute atomic E-state index is 0.00414. The molecule has 1 aromatic heterocycles. The maximum Gasteiger partial charge on any atom is 0.305 e. The van der Waals surface area contributed by atoms with Gasteiger partial charge in [-0.3, -0.25) is 14.3 Å². The van der Waals surface area contributed by atoms with Gasteiger partial charge in [0, 0.05) is 6.20 Å². The van der Waals surface area contributed by atoms with E-state index in [1.807, 2.05) is 24.7 Å². The average Bonchev–Trinajstić information content (AvgIpc) is 3.08. The van der Waals surface area contributed by atoms with Gasteiger partial charge in [-0.2, -0.15) is 5.10 Å². The van der Waals surface area contributed by atoms with Crippen LogP contribution >= 0.6 is 0 Å². The molecule has 1 amide bonds. The van der Waals surface area contributed by atoms with Crippen molar-refractivity contribution < 1.29 is 14.7 Å². The molecule has 1 unspecified atom stereocenters. The third kappa shape index (κ3) is 3.67. The summed E-state index contributed by atoms with van der Waals surface area (Å²) in [6.07, 6.45) is 6.34. The molecule has 6 heteroatoms. The summed E-state index contributed by atoms with van der Waals surface area (Å²) in [4.78, 5) is 23.4. The highest BCUT2D eigenvalue weighted by atomic mass is 16.4. The summed E-state index contributed by atoms with van der Waals surface area (Å²) < 4.78 is 1.87. The quantitative estimate of drug-likeness (QED) is 0.846. The topological polar surface area (TPSA) is 84.2 Å². The van der Waals surface area contributed by atoms with E-state index in [-0.39, 0.29) is 18.2 Å². The number of nitrogens with one attached hydrogen (secondary N) is 1. The number of aromatic nitrogens is 2. The van der Waals surface area contributed by atoms with Crippen molar-refractivity contribution in [3.8, 4) is 0 Å². The minimum atomic E-state index is -0.923. The highest BCUT2D eigenvalue weighted by Gasteiger charge is 2.33. The first-order valence-corrected chi connectivity index (χ1v) is 7.91. The first-order chi connectivity index (χ1) is 10.3. The number of hydrogen-bond acceptors (Lipinski definition) is 3. The molecule has 1 atom stereocenters. The van der Waals surface area contributed by atoms with Crippen LogP contribution in [0.4, 0.5) is 0 Å². The van der Waals surface area contributed by atoms with Crippen LogP contribution in [0, 0.1) is 5.92 Å². The number of aliphatic carboxylic acids is 1. The van der Waals surface area contributed by atoms with E-state index in [1.165, 1.54) is 12.8 Å². The van der Waals surface area contributed by atoms with Gasteiger partial charge < -0.3 is 10.4 Å². The number of carbonyl (C=O) groups excluding carboxylic acids is 1. The van der Waals surface area contributed by atoms with Crippen molar-refractivity contribution in [2.75, 3.05) is 0 Å². The molecular formula is C16H25N3O3. The van der Waals surface area contributed by atoms with E-state index in [1.54, 1.807) is 13.0 Å². The van der Waals surface area contributed by atoms with Gasteiger partial charge in [-0.25, -0.2) is 0 Å². The van der Waals surface area contributed by atoms with Crippen molar-refractivity contribution in [3.63, 3.8) is 0 Å². The highest BCUT2D eigenvalue weighted by molar-refractivity contribution is 5.93. The molecule has 0 saturated heterocycles. The molecular weight excluding hydrogens is 282 g/mol. The Morgan fingerprint density at radius 2 is 2.09 bits per heavy atom. The lowest BCUT2D eigenvalue weighted by Crippen LogP contribution is -2.51. The van der Waals surface area contributed by atoms with Crippen molar-refractivity contribution in [1.29, 1.82) is 0 Å². The molecule has 22 heavy (non-hydrogen) atoms. The predicted molar refractivity (Wildman–Crippen MR) is 82.7 cm³/mol. The Morgan fingerprint density at radius 3 is 2.64 bits per heavy atom. The Balaban J connectivity index is 2.08. The van der Waals surface area contributed by atoms with Gasteiger partial charge in [0.2, 0.25) is 0 Å². The zero-order chi connectivity index (χ0) is 16.3. The second kappa shape index (κ2) is 6.50. The number of carbonyl (C=O) groups is 2. The van der Waals surface area contributed by atoms with Crippen LogP contribution in [0.15, 0.2) is 12.3 Å². The Morgan fingerprint density at radius 1 is 1.45 bits per heavy atom. The fraction of sp³-hybridized carbons (Fsp3) is 0.688. The van der Waals surface area contributed by atoms with Crippen molar-refractivity contribution >= 4 is 11.9 Å². The zero-order valence-corrected chi connectivity index (χ0v) is 13.5. The molecule has 0 aromatic carbocycles. The Kier molecular flexibility index (Phi) is 4.88. The molecule has 0 radical (unpaired) electrons. The second-order valence-corrected chi connectivity index (χ2v) is 6.72. The van der Waals surface area contributed by atoms with Crippen LogP contribution in [0.5, 0.6) is 0 Å². The summed E-state index contributed by atoms with van der Waals surface area (Å²) in [6, 6.07) is 2.09. The molecule has 1 aliphatic carbocycles. The summed E-state index contributed by atoms with van der Waals surface area (Å²) in [7, 11) is 0. The number of hydrogen-bond donors (Lipinski definition) is 2. The van der Waals surface area contributed by atoms with Crippen molar-refractivity contribution in [3.05, 3.63) is 18.0 Å². The monoisotopic (exact) mass is 307 g/mol. The molecule has 0 bridgehead atoms. The Hall–Kier alpha value is -1.85. The summed E-state index contributed by atoms with van der Waals surface area (Å²) >= 11 is 0. The molecule has 0 aliphatic heterocycles. The molecule has 1 fully saturated rings. The standard InChI is InChI=1S/C16H25N3O3/c1-11(2)16(3,10-14(20)21)17-15(22)13-8-9-19(18-13)12-6-4-5-7-12/h8-9,11-12H,4-7,10H2,1-3H3,(H,17,22)(H,20,21). The minimum Gasteiger partial charge on any atom is -0.481 e. The molecule has 6 nitrogen and oxygen atoms in total. The van der Waals surface area contributed by atoms with Crippen LogP contribution in [0.2, 0.25) is 0 Å². The number of nitrogens with zero attached hydrogens (tertiary/aromatic N) is 2. The normalized spacial score (nSPS) is 18.4. The van der Waals surface area contributed by atoms with Crippen molar-refractivity contribution in [2.24, 2.45) is 5.92 Å². The smallest absolute Gasteiger partial charge is 0.305 e. The van der Waals surface area contributed by atoms with E-state index >= 15 is 0 Å². The molecule has 1 aliphatic rings. The lowest BCUT2D eigenvalue weighted by molar-refractivity contribution is -0.138. The summed E-state index contributed by atoms with van der Waals surface area (Å²) in [5.74, 6) is -1.23. The number of carboxylic acids is 1. The molecule has 1 saturated carbocycles. The fourth-order valence-electron chi connectivity index (χ4n) is 2.86. The average molecular weight is 307 g/mol. The van der Waals surface area contributed by atoms with E-state index in [0.717, 1.165) is 12.8 Å². The molecule has 122 valence electrons. The summed E-state index contributed by atoms with van der Waals surface area (Å²) in [5.41, 5.74) is -0.441. The fourth-order valence-corrected chi connectivity index (χ4v) is 2.86. The van der Waals surface area contributed by atoms with Crippen LogP contribution in [0.1, 0.15) is 69.4 Å².